The van der Waals surface area contributed by atoms with Crippen molar-refractivity contribution in [3.8, 4) is 0 Å². The van der Waals surface area contributed by atoms with Crippen molar-refractivity contribution in [1.82, 2.24) is 25.4 Å². The highest BCUT2D eigenvalue weighted by Crippen LogP contribution is 1.93. The number of ether oxygens (including phenoxy) is 1. The van der Waals surface area contributed by atoms with Crippen molar-refractivity contribution in [1.29, 1.82) is 0 Å². The zero-order chi connectivity index (χ0) is 13.2. The smallest absolute Gasteiger partial charge is 0.191 e. The molecule has 0 saturated carbocycles. The van der Waals surface area contributed by atoms with Crippen molar-refractivity contribution in [2.45, 2.75) is 19.9 Å². The molecule has 0 fully saturated rings. The number of aliphatic imine (C=N–C) groups is 1. The summed E-state index contributed by atoms with van der Waals surface area (Å²) in [4.78, 5) is 8.57. The van der Waals surface area contributed by atoms with Crippen LogP contribution in [0.1, 0.15) is 19.2 Å². The lowest BCUT2D eigenvalue weighted by molar-refractivity contribution is 0.195. The van der Waals surface area contributed by atoms with Crippen molar-refractivity contribution < 1.29 is 4.74 Å². The Morgan fingerprint density at radius 1 is 1.47 bits per heavy atom. The van der Waals surface area contributed by atoms with E-state index in [0.717, 1.165) is 37.9 Å². The molecular weight excluding hydrogens is 359 g/mol. The largest absolute Gasteiger partial charge is 0.385 e. The standard InChI is InChI=1S/C11H22N6O.HI/c1-4-12-11(13-6-5-7-18-3)14-8-10-15-9-16-17(10)2;/h9H,4-8H2,1-3H3,(H2,12,13,14);1H. The Hall–Kier alpha value is -0.900. The van der Waals surface area contributed by atoms with E-state index in [1.807, 2.05) is 14.0 Å². The number of halogens is 1. The lowest BCUT2D eigenvalue weighted by Crippen LogP contribution is -2.38. The van der Waals surface area contributed by atoms with Crippen LogP contribution in [-0.4, -0.2) is 47.5 Å². The van der Waals surface area contributed by atoms with Crippen LogP contribution in [0.25, 0.3) is 0 Å². The van der Waals surface area contributed by atoms with E-state index >= 15 is 0 Å². The monoisotopic (exact) mass is 382 g/mol. The van der Waals surface area contributed by atoms with Crippen LogP contribution in [0.3, 0.4) is 0 Å². The first-order chi connectivity index (χ1) is 8.77. The van der Waals surface area contributed by atoms with Gasteiger partial charge in [0.2, 0.25) is 0 Å². The van der Waals surface area contributed by atoms with Gasteiger partial charge in [0.25, 0.3) is 0 Å². The molecule has 0 amide bonds. The van der Waals surface area contributed by atoms with Crippen molar-refractivity contribution >= 4 is 29.9 Å². The molecule has 1 rings (SSSR count). The summed E-state index contributed by atoms with van der Waals surface area (Å²) in [6.45, 7) is 4.95. The average molecular weight is 382 g/mol. The van der Waals surface area contributed by atoms with Gasteiger partial charge in [-0.2, -0.15) is 5.10 Å². The van der Waals surface area contributed by atoms with Crippen LogP contribution in [0.5, 0.6) is 0 Å². The lowest BCUT2D eigenvalue weighted by atomic mass is 10.4. The maximum absolute atomic E-state index is 5.00. The van der Waals surface area contributed by atoms with Gasteiger partial charge in [0.1, 0.15) is 18.7 Å². The van der Waals surface area contributed by atoms with Gasteiger partial charge in [0, 0.05) is 33.9 Å². The fourth-order valence-corrected chi connectivity index (χ4v) is 1.38. The van der Waals surface area contributed by atoms with Gasteiger partial charge in [-0.05, 0) is 13.3 Å². The highest BCUT2D eigenvalue weighted by atomic mass is 127. The van der Waals surface area contributed by atoms with Crippen molar-refractivity contribution in [2.75, 3.05) is 26.8 Å². The van der Waals surface area contributed by atoms with E-state index in [4.69, 9.17) is 4.74 Å². The first kappa shape index (κ1) is 18.1. The number of guanidine groups is 1. The van der Waals surface area contributed by atoms with Gasteiger partial charge < -0.3 is 15.4 Å². The molecule has 0 spiro atoms. The van der Waals surface area contributed by atoms with Gasteiger partial charge in [-0.1, -0.05) is 0 Å². The Morgan fingerprint density at radius 3 is 2.84 bits per heavy atom. The molecule has 8 heteroatoms. The number of methoxy groups -OCH3 is 1. The van der Waals surface area contributed by atoms with E-state index < -0.39 is 0 Å². The molecule has 0 atom stereocenters. The second-order valence-electron chi connectivity index (χ2n) is 3.77. The van der Waals surface area contributed by atoms with Crippen LogP contribution < -0.4 is 10.6 Å². The summed E-state index contributed by atoms with van der Waals surface area (Å²) in [6, 6.07) is 0. The minimum atomic E-state index is 0. The fourth-order valence-electron chi connectivity index (χ4n) is 1.38. The summed E-state index contributed by atoms with van der Waals surface area (Å²) >= 11 is 0. The highest BCUT2D eigenvalue weighted by molar-refractivity contribution is 14.0. The predicted octanol–water partition coefficient (Wildman–Crippen LogP) is 0.525. The molecule has 0 bridgehead atoms. The van der Waals surface area contributed by atoms with Crippen LogP contribution >= 0.6 is 24.0 Å². The quantitative estimate of drug-likeness (QED) is 0.311. The summed E-state index contributed by atoms with van der Waals surface area (Å²) in [5, 5.41) is 10.4. The summed E-state index contributed by atoms with van der Waals surface area (Å²) in [6.07, 6.45) is 2.48. The van der Waals surface area contributed by atoms with Crippen molar-refractivity contribution in [3.63, 3.8) is 0 Å². The van der Waals surface area contributed by atoms with Crippen LogP contribution in [0, 0.1) is 0 Å². The molecule has 2 N–H and O–H groups in total. The Labute approximate surface area is 131 Å². The Balaban J connectivity index is 0.00000324. The first-order valence-corrected chi connectivity index (χ1v) is 6.12. The SMILES string of the molecule is CCNC(=NCc1ncnn1C)NCCCOC.I. The zero-order valence-corrected chi connectivity index (χ0v) is 14.0. The molecule has 0 aliphatic carbocycles. The van der Waals surface area contributed by atoms with Gasteiger partial charge in [-0.15, -0.1) is 24.0 Å². The number of nitrogens with one attached hydrogen (secondary N) is 2. The van der Waals surface area contributed by atoms with Gasteiger partial charge >= 0.3 is 0 Å². The van der Waals surface area contributed by atoms with Gasteiger partial charge in [-0.25, -0.2) is 9.98 Å². The summed E-state index contributed by atoms with van der Waals surface area (Å²) in [5.74, 6) is 1.63. The van der Waals surface area contributed by atoms with Crippen molar-refractivity contribution in [2.24, 2.45) is 12.0 Å². The Bertz CT molecular complexity index is 368. The molecule has 1 heterocycles. The van der Waals surface area contributed by atoms with Gasteiger partial charge in [0.15, 0.2) is 5.96 Å². The normalized spacial score (nSPS) is 11.0. The highest BCUT2D eigenvalue weighted by Gasteiger charge is 2.00. The molecule has 7 nitrogen and oxygen atoms in total. The zero-order valence-electron chi connectivity index (χ0n) is 11.7. The maximum atomic E-state index is 5.00. The van der Waals surface area contributed by atoms with E-state index in [1.54, 1.807) is 11.8 Å². The third kappa shape index (κ3) is 7.31. The van der Waals surface area contributed by atoms with E-state index in [9.17, 15) is 0 Å². The molecule has 0 saturated heterocycles. The molecule has 110 valence electrons. The molecule has 0 radical (unpaired) electrons. The third-order valence-electron chi connectivity index (χ3n) is 2.35. The third-order valence-corrected chi connectivity index (χ3v) is 2.35. The Kier molecular flexibility index (Phi) is 10.5. The van der Waals surface area contributed by atoms with Crippen molar-refractivity contribution in [3.05, 3.63) is 12.2 Å². The molecule has 0 aromatic carbocycles. The number of hydrogen-bond acceptors (Lipinski definition) is 4. The molecule has 19 heavy (non-hydrogen) atoms. The molecule has 0 aliphatic heterocycles. The second-order valence-corrected chi connectivity index (χ2v) is 3.77. The second kappa shape index (κ2) is 11.0. The number of aromatic nitrogens is 3. The molecule has 0 unspecified atom stereocenters. The van der Waals surface area contributed by atoms with E-state index in [-0.39, 0.29) is 24.0 Å². The van der Waals surface area contributed by atoms with Crippen LogP contribution in [0.2, 0.25) is 0 Å². The topological polar surface area (TPSA) is 76.4 Å². The number of aryl methyl sites for hydroxylation is 1. The molecule has 1 aromatic heterocycles. The van der Waals surface area contributed by atoms with Crippen LogP contribution in [-0.2, 0) is 18.3 Å². The van der Waals surface area contributed by atoms with Crippen LogP contribution in [0.15, 0.2) is 11.3 Å². The average Bonchev–Trinajstić information content (AvgIpc) is 2.77. The molecule has 0 aliphatic rings. The number of nitrogens with zero attached hydrogens (tertiary/aromatic N) is 4. The van der Waals surface area contributed by atoms with E-state index in [1.165, 1.54) is 6.33 Å². The summed E-state index contributed by atoms with van der Waals surface area (Å²) in [5.41, 5.74) is 0. The first-order valence-electron chi connectivity index (χ1n) is 6.12. The minimum absolute atomic E-state index is 0. The van der Waals surface area contributed by atoms with Gasteiger partial charge in [0.05, 0.1) is 0 Å². The Morgan fingerprint density at radius 2 is 2.26 bits per heavy atom. The van der Waals surface area contributed by atoms with E-state index in [0.29, 0.717) is 6.54 Å². The number of rotatable bonds is 7. The fraction of sp³-hybridized carbons (Fsp3) is 0.727. The minimum Gasteiger partial charge on any atom is -0.385 e. The number of hydrogen-bond donors (Lipinski definition) is 2. The summed E-state index contributed by atoms with van der Waals surface area (Å²) in [7, 11) is 3.56. The predicted molar refractivity (Wildman–Crippen MR) is 85.7 cm³/mol. The molecule has 1 aromatic rings. The maximum Gasteiger partial charge on any atom is 0.191 e. The van der Waals surface area contributed by atoms with E-state index in [2.05, 4.69) is 25.7 Å². The summed E-state index contributed by atoms with van der Waals surface area (Å²) < 4.78 is 6.72. The van der Waals surface area contributed by atoms with Gasteiger partial charge in [-0.3, -0.25) is 4.68 Å². The van der Waals surface area contributed by atoms with Crippen LogP contribution in [0.4, 0.5) is 0 Å². The lowest BCUT2D eigenvalue weighted by Gasteiger charge is -2.10. The molecular formula is C11H23IN6O.